The molecule has 1 saturated heterocycles. The molecule has 1 aromatic carbocycles. The lowest BCUT2D eigenvalue weighted by molar-refractivity contribution is -0.140. The van der Waals surface area contributed by atoms with Crippen molar-refractivity contribution in [2.75, 3.05) is 31.6 Å². The first kappa shape index (κ1) is 23.1. The number of anilines is 1. The highest BCUT2D eigenvalue weighted by atomic mass is 16.5. The monoisotopic (exact) mass is 464 g/mol. The zero-order valence-corrected chi connectivity index (χ0v) is 19.3. The number of hydrogen-bond acceptors (Lipinski definition) is 8. The number of hydrogen-bond donors (Lipinski definition) is 3. The van der Waals surface area contributed by atoms with Crippen molar-refractivity contribution in [3.05, 3.63) is 35.7 Å². The number of methoxy groups -OCH3 is 1. The first-order chi connectivity index (χ1) is 16.4. The Balaban J connectivity index is 1.74. The maximum atomic E-state index is 12.8. The number of nitrogens with two attached hydrogens (primary N) is 1. The van der Waals surface area contributed by atoms with Crippen LogP contribution in [0, 0.1) is 5.41 Å². The summed E-state index contributed by atoms with van der Waals surface area (Å²) in [5.41, 5.74) is 8.20. The molecule has 0 aliphatic carbocycles. The summed E-state index contributed by atoms with van der Waals surface area (Å²) < 4.78 is 6.45. The van der Waals surface area contributed by atoms with E-state index in [1.54, 1.807) is 12.1 Å². The molecule has 0 atom stereocenters. The number of nitrogens with zero attached hydrogens (tertiary/aromatic N) is 5. The molecule has 11 heteroatoms. The molecule has 2 aromatic heterocycles. The molecule has 1 aliphatic rings. The van der Waals surface area contributed by atoms with Crippen molar-refractivity contribution in [3.8, 4) is 11.4 Å². The van der Waals surface area contributed by atoms with Crippen LogP contribution in [0.25, 0.3) is 22.6 Å². The van der Waals surface area contributed by atoms with E-state index in [4.69, 9.17) is 16.1 Å². The van der Waals surface area contributed by atoms with Crippen LogP contribution in [-0.4, -0.2) is 64.0 Å². The maximum Gasteiger partial charge on any atom is 0.307 e. The topological polar surface area (TPSA) is 152 Å². The van der Waals surface area contributed by atoms with Gasteiger partial charge in [-0.05, 0) is 19.3 Å². The van der Waals surface area contributed by atoms with Gasteiger partial charge in [0.05, 0.1) is 13.5 Å². The quantitative estimate of drug-likeness (QED) is 0.271. The van der Waals surface area contributed by atoms with Crippen molar-refractivity contribution in [2.45, 2.75) is 25.7 Å². The van der Waals surface area contributed by atoms with E-state index in [0.29, 0.717) is 28.4 Å². The fourth-order valence-electron chi connectivity index (χ4n) is 3.99. The first-order valence-electron chi connectivity index (χ1n) is 11.2. The summed E-state index contributed by atoms with van der Waals surface area (Å²) >= 11 is 0. The lowest BCUT2D eigenvalue weighted by atomic mass is 10.1. The van der Waals surface area contributed by atoms with Crippen LogP contribution >= 0.6 is 0 Å². The lowest BCUT2D eigenvalue weighted by Gasteiger charge is -2.27. The number of carbonyl (C=O) groups is 2. The molecule has 0 radical (unpaired) electrons. The SMILES string of the molecule is COC(=O)CCNC(=O)c1nc(N2CCCCC2)c2nc(-c3ccc(C(=N)N)cc3)n(C)c2n1. The van der Waals surface area contributed by atoms with Crippen molar-refractivity contribution < 1.29 is 14.3 Å². The minimum absolute atomic E-state index is 0.00217. The van der Waals surface area contributed by atoms with Gasteiger partial charge in [0.15, 0.2) is 17.0 Å². The van der Waals surface area contributed by atoms with Gasteiger partial charge in [0.2, 0.25) is 5.82 Å². The van der Waals surface area contributed by atoms with Gasteiger partial charge in [-0.1, -0.05) is 24.3 Å². The third-order valence-corrected chi connectivity index (χ3v) is 5.86. The summed E-state index contributed by atoms with van der Waals surface area (Å²) in [5, 5.41) is 10.3. The normalized spacial score (nSPS) is 13.6. The van der Waals surface area contributed by atoms with Crippen LogP contribution in [0.5, 0.6) is 0 Å². The van der Waals surface area contributed by atoms with E-state index >= 15 is 0 Å². The number of carbonyl (C=O) groups excluding carboxylic acids is 2. The molecule has 0 spiro atoms. The third-order valence-electron chi connectivity index (χ3n) is 5.86. The predicted octanol–water partition coefficient (Wildman–Crippen LogP) is 1.60. The van der Waals surface area contributed by atoms with E-state index in [1.807, 2.05) is 23.7 Å². The molecule has 0 saturated carbocycles. The van der Waals surface area contributed by atoms with Gasteiger partial charge in [-0.15, -0.1) is 0 Å². The number of nitrogen functional groups attached to an aromatic ring is 1. The minimum atomic E-state index is -0.461. The smallest absolute Gasteiger partial charge is 0.307 e. The summed E-state index contributed by atoms with van der Waals surface area (Å²) in [4.78, 5) is 40.3. The summed E-state index contributed by atoms with van der Waals surface area (Å²) in [6.45, 7) is 1.79. The van der Waals surface area contributed by atoms with E-state index in [-0.39, 0.29) is 24.6 Å². The summed E-state index contributed by atoms with van der Waals surface area (Å²) in [7, 11) is 3.15. The standard InChI is InChI=1S/C23H28N8O3/c1-30-20(15-8-6-14(7-9-15)18(24)25)27-17-21(30)28-19(23(33)26-11-10-16(32)34-2)29-22(17)31-12-4-3-5-13-31/h6-9H,3-5,10-13H2,1-2H3,(H3,24,25)(H,26,33). The van der Waals surface area contributed by atoms with Gasteiger partial charge >= 0.3 is 5.97 Å². The highest BCUT2D eigenvalue weighted by molar-refractivity contribution is 5.96. The zero-order valence-electron chi connectivity index (χ0n) is 19.3. The summed E-state index contributed by atoms with van der Waals surface area (Å²) in [6.07, 6.45) is 3.30. The number of fused-ring (bicyclic) bond motifs is 1. The van der Waals surface area contributed by atoms with E-state index in [1.165, 1.54) is 7.11 Å². The Morgan fingerprint density at radius 1 is 1.12 bits per heavy atom. The second kappa shape index (κ2) is 9.86. The highest BCUT2D eigenvalue weighted by Gasteiger charge is 2.24. The minimum Gasteiger partial charge on any atom is -0.469 e. The zero-order chi connectivity index (χ0) is 24.2. The van der Waals surface area contributed by atoms with Crippen molar-refractivity contribution in [1.82, 2.24) is 24.8 Å². The van der Waals surface area contributed by atoms with Gasteiger partial charge in [-0.3, -0.25) is 15.0 Å². The molecule has 1 aliphatic heterocycles. The number of amides is 1. The molecule has 1 amide bonds. The van der Waals surface area contributed by atoms with Gasteiger partial charge in [0.1, 0.15) is 11.7 Å². The number of esters is 1. The van der Waals surface area contributed by atoms with E-state index in [0.717, 1.165) is 37.9 Å². The molecular formula is C23H28N8O3. The number of benzene rings is 1. The maximum absolute atomic E-state index is 12.8. The molecule has 178 valence electrons. The van der Waals surface area contributed by atoms with Gasteiger partial charge < -0.3 is 25.3 Å². The number of nitrogens with one attached hydrogen (secondary N) is 2. The average molecular weight is 465 g/mol. The summed E-state index contributed by atoms with van der Waals surface area (Å²) in [6, 6.07) is 7.25. The van der Waals surface area contributed by atoms with E-state index < -0.39 is 11.9 Å². The van der Waals surface area contributed by atoms with Gasteiger partial charge in [-0.2, -0.15) is 0 Å². The van der Waals surface area contributed by atoms with Crippen LogP contribution in [0.15, 0.2) is 24.3 Å². The number of amidine groups is 1. The average Bonchev–Trinajstić information content (AvgIpc) is 3.20. The summed E-state index contributed by atoms with van der Waals surface area (Å²) in [5.74, 6) is 0.457. The van der Waals surface area contributed by atoms with Crippen molar-refractivity contribution >= 4 is 34.7 Å². The number of aromatic nitrogens is 4. The van der Waals surface area contributed by atoms with Gasteiger partial charge in [0.25, 0.3) is 5.91 Å². The third kappa shape index (κ3) is 4.68. The second-order valence-corrected chi connectivity index (χ2v) is 8.16. The van der Waals surface area contributed by atoms with E-state index in [2.05, 4.69) is 24.9 Å². The van der Waals surface area contributed by atoms with E-state index in [9.17, 15) is 9.59 Å². The Hall–Kier alpha value is -4.02. The molecule has 3 heterocycles. The number of rotatable bonds is 7. The van der Waals surface area contributed by atoms with Crippen molar-refractivity contribution in [2.24, 2.45) is 12.8 Å². The Bertz CT molecular complexity index is 1230. The molecular weight excluding hydrogens is 436 g/mol. The Kier molecular flexibility index (Phi) is 6.71. The molecule has 1 fully saturated rings. The second-order valence-electron chi connectivity index (χ2n) is 8.16. The van der Waals surface area contributed by atoms with Crippen LogP contribution in [-0.2, 0) is 16.6 Å². The van der Waals surface area contributed by atoms with Gasteiger partial charge in [-0.25, -0.2) is 15.0 Å². The van der Waals surface area contributed by atoms with Crippen LogP contribution in [0.4, 0.5) is 5.82 Å². The molecule has 4 N–H and O–H groups in total. The number of imidazole rings is 1. The molecule has 4 rings (SSSR count). The largest absolute Gasteiger partial charge is 0.469 e. The lowest BCUT2D eigenvalue weighted by Crippen LogP contribution is -2.32. The van der Waals surface area contributed by atoms with Crippen LogP contribution < -0.4 is 16.0 Å². The van der Waals surface area contributed by atoms with Crippen molar-refractivity contribution in [1.29, 1.82) is 5.41 Å². The highest BCUT2D eigenvalue weighted by Crippen LogP contribution is 2.30. The predicted molar refractivity (Wildman–Crippen MR) is 128 cm³/mol. The first-order valence-corrected chi connectivity index (χ1v) is 11.2. The fourth-order valence-corrected chi connectivity index (χ4v) is 3.99. The van der Waals surface area contributed by atoms with Crippen LogP contribution in [0.3, 0.4) is 0 Å². The van der Waals surface area contributed by atoms with Crippen molar-refractivity contribution in [3.63, 3.8) is 0 Å². The molecule has 0 unspecified atom stereocenters. The fraction of sp³-hybridized carbons (Fsp3) is 0.391. The molecule has 3 aromatic rings. The number of aryl methyl sites for hydroxylation is 1. The Morgan fingerprint density at radius 2 is 1.82 bits per heavy atom. The molecule has 11 nitrogen and oxygen atoms in total. The number of piperidine rings is 1. The van der Waals surface area contributed by atoms with Gasteiger partial charge in [0, 0.05) is 37.8 Å². The number of ether oxygens (including phenoxy) is 1. The Labute approximate surface area is 196 Å². The Morgan fingerprint density at radius 3 is 2.47 bits per heavy atom. The van der Waals surface area contributed by atoms with Crippen LogP contribution in [0.1, 0.15) is 41.9 Å². The van der Waals surface area contributed by atoms with Crippen LogP contribution in [0.2, 0.25) is 0 Å². The molecule has 0 bridgehead atoms. The molecule has 34 heavy (non-hydrogen) atoms.